The van der Waals surface area contributed by atoms with Crippen LogP contribution in [0.3, 0.4) is 0 Å². The van der Waals surface area contributed by atoms with Crippen molar-refractivity contribution in [3.8, 4) is 0 Å². The normalized spacial score (nSPS) is 14.5. The van der Waals surface area contributed by atoms with Crippen LogP contribution in [0.4, 0.5) is 5.69 Å². The first-order chi connectivity index (χ1) is 12.0. The Morgan fingerprint density at radius 3 is 2.44 bits per heavy atom. The Bertz CT molecular complexity index is 580. The van der Waals surface area contributed by atoms with Gasteiger partial charge in [-0.3, -0.25) is 9.59 Å². The van der Waals surface area contributed by atoms with Crippen LogP contribution in [0.5, 0.6) is 0 Å². The fourth-order valence-electron chi connectivity index (χ4n) is 3.20. The van der Waals surface area contributed by atoms with Crippen LogP contribution in [0.1, 0.15) is 38.7 Å². The van der Waals surface area contributed by atoms with Gasteiger partial charge in [0.05, 0.1) is 0 Å². The molecule has 0 aromatic heterocycles. The van der Waals surface area contributed by atoms with Gasteiger partial charge in [0.15, 0.2) is 0 Å². The predicted molar refractivity (Wildman–Crippen MR) is 102 cm³/mol. The van der Waals surface area contributed by atoms with Crippen LogP contribution in [0.15, 0.2) is 24.3 Å². The molecular weight excluding hydrogens is 314 g/mol. The summed E-state index contributed by atoms with van der Waals surface area (Å²) in [7, 11) is 0. The summed E-state index contributed by atoms with van der Waals surface area (Å²) in [6.07, 6.45) is 2.47. The molecular formula is C20H31N3O2. The van der Waals surface area contributed by atoms with Crippen LogP contribution in [0.2, 0.25) is 0 Å². The molecule has 0 N–H and O–H groups in total. The lowest BCUT2D eigenvalue weighted by molar-refractivity contribution is -0.133. The van der Waals surface area contributed by atoms with Crippen LogP contribution in [0.25, 0.3) is 0 Å². The third-order valence-corrected chi connectivity index (χ3v) is 4.82. The fourth-order valence-corrected chi connectivity index (χ4v) is 3.20. The van der Waals surface area contributed by atoms with Crippen molar-refractivity contribution in [2.75, 3.05) is 44.2 Å². The SMILES string of the molecule is CCCCN(CCC(=O)N1CCN(c2cccc(C)c2)CC1)C(C)=O. The number of aryl methyl sites for hydroxylation is 1. The molecule has 1 heterocycles. The van der Waals surface area contributed by atoms with Crippen LogP contribution in [-0.4, -0.2) is 60.9 Å². The molecule has 1 fully saturated rings. The Labute approximate surface area is 151 Å². The van der Waals surface area contributed by atoms with Gasteiger partial charge >= 0.3 is 0 Å². The highest BCUT2D eigenvalue weighted by Crippen LogP contribution is 2.18. The fraction of sp³-hybridized carbons (Fsp3) is 0.600. The van der Waals surface area contributed by atoms with Crippen LogP contribution in [0, 0.1) is 6.92 Å². The molecule has 1 aliphatic rings. The lowest BCUT2D eigenvalue weighted by Gasteiger charge is -2.36. The molecule has 5 heteroatoms. The highest BCUT2D eigenvalue weighted by atomic mass is 16.2. The van der Waals surface area contributed by atoms with E-state index >= 15 is 0 Å². The molecule has 2 amide bonds. The summed E-state index contributed by atoms with van der Waals surface area (Å²) in [4.78, 5) is 30.2. The minimum absolute atomic E-state index is 0.0607. The first-order valence-electron chi connectivity index (χ1n) is 9.36. The van der Waals surface area contributed by atoms with Crippen molar-refractivity contribution in [1.82, 2.24) is 9.80 Å². The number of anilines is 1. The van der Waals surface area contributed by atoms with Gasteiger partial charge in [-0.25, -0.2) is 0 Å². The Morgan fingerprint density at radius 2 is 1.84 bits per heavy atom. The van der Waals surface area contributed by atoms with E-state index in [0.717, 1.165) is 45.6 Å². The smallest absolute Gasteiger partial charge is 0.224 e. The number of unbranched alkanes of at least 4 members (excludes halogenated alkanes) is 1. The van der Waals surface area contributed by atoms with E-state index < -0.39 is 0 Å². The molecule has 1 aromatic rings. The molecule has 25 heavy (non-hydrogen) atoms. The number of benzene rings is 1. The van der Waals surface area contributed by atoms with Gasteiger partial charge in [0, 0.05) is 58.3 Å². The summed E-state index contributed by atoms with van der Waals surface area (Å²) in [6, 6.07) is 8.50. The Morgan fingerprint density at radius 1 is 1.12 bits per heavy atom. The molecule has 0 radical (unpaired) electrons. The highest BCUT2D eigenvalue weighted by molar-refractivity contribution is 5.78. The molecule has 0 spiro atoms. The van der Waals surface area contributed by atoms with Gasteiger partial charge in [-0.2, -0.15) is 0 Å². The first kappa shape index (κ1) is 19.3. The number of rotatable bonds is 7. The van der Waals surface area contributed by atoms with Crippen molar-refractivity contribution in [3.05, 3.63) is 29.8 Å². The summed E-state index contributed by atoms with van der Waals surface area (Å²) in [5.74, 6) is 0.220. The molecule has 2 rings (SSSR count). The summed E-state index contributed by atoms with van der Waals surface area (Å²) >= 11 is 0. The average Bonchev–Trinajstić information content (AvgIpc) is 2.61. The van der Waals surface area contributed by atoms with Gasteiger partial charge in [0.25, 0.3) is 0 Å². The quantitative estimate of drug-likeness (QED) is 0.763. The molecule has 1 aliphatic heterocycles. The largest absolute Gasteiger partial charge is 0.368 e. The van der Waals surface area contributed by atoms with Crippen molar-refractivity contribution < 1.29 is 9.59 Å². The van der Waals surface area contributed by atoms with E-state index in [1.54, 1.807) is 11.8 Å². The average molecular weight is 345 g/mol. The lowest BCUT2D eigenvalue weighted by atomic mass is 10.2. The topological polar surface area (TPSA) is 43.9 Å². The number of hydrogen-bond acceptors (Lipinski definition) is 3. The number of carbonyl (C=O) groups is 2. The minimum Gasteiger partial charge on any atom is -0.368 e. The van der Waals surface area contributed by atoms with Crippen molar-refractivity contribution >= 4 is 17.5 Å². The zero-order chi connectivity index (χ0) is 18.2. The summed E-state index contributed by atoms with van der Waals surface area (Å²) in [5.41, 5.74) is 2.49. The molecule has 1 aromatic carbocycles. The number of hydrogen-bond donors (Lipinski definition) is 0. The molecule has 5 nitrogen and oxygen atoms in total. The van der Waals surface area contributed by atoms with Gasteiger partial charge in [-0.15, -0.1) is 0 Å². The Hall–Kier alpha value is -2.04. The second-order valence-electron chi connectivity index (χ2n) is 6.82. The first-order valence-corrected chi connectivity index (χ1v) is 9.36. The summed E-state index contributed by atoms with van der Waals surface area (Å²) in [5, 5.41) is 0. The molecule has 138 valence electrons. The van der Waals surface area contributed by atoms with Gasteiger partial charge in [0.2, 0.25) is 11.8 Å². The number of carbonyl (C=O) groups excluding carboxylic acids is 2. The Kier molecular flexibility index (Phi) is 7.29. The van der Waals surface area contributed by atoms with Crippen LogP contribution < -0.4 is 4.90 Å². The van der Waals surface area contributed by atoms with Gasteiger partial charge < -0.3 is 14.7 Å². The minimum atomic E-state index is 0.0607. The molecule has 0 saturated carbocycles. The van der Waals surface area contributed by atoms with E-state index in [0.29, 0.717) is 13.0 Å². The second kappa shape index (κ2) is 9.44. The van der Waals surface area contributed by atoms with E-state index in [-0.39, 0.29) is 11.8 Å². The van der Waals surface area contributed by atoms with Crippen molar-refractivity contribution in [1.29, 1.82) is 0 Å². The maximum Gasteiger partial charge on any atom is 0.224 e. The zero-order valence-electron chi connectivity index (χ0n) is 15.8. The number of amides is 2. The molecule has 1 saturated heterocycles. The van der Waals surface area contributed by atoms with E-state index in [1.807, 2.05) is 4.90 Å². The maximum absolute atomic E-state index is 12.5. The van der Waals surface area contributed by atoms with Gasteiger partial charge in [-0.05, 0) is 31.0 Å². The van der Waals surface area contributed by atoms with Crippen molar-refractivity contribution in [2.45, 2.75) is 40.0 Å². The van der Waals surface area contributed by atoms with Crippen molar-refractivity contribution in [2.24, 2.45) is 0 Å². The van der Waals surface area contributed by atoms with E-state index in [9.17, 15) is 9.59 Å². The van der Waals surface area contributed by atoms with Crippen molar-refractivity contribution in [3.63, 3.8) is 0 Å². The van der Waals surface area contributed by atoms with E-state index in [4.69, 9.17) is 0 Å². The predicted octanol–water partition coefficient (Wildman–Crippen LogP) is 2.68. The van der Waals surface area contributed by atoms with E-state index in [1.165, 1.54) is 11.3 Å². The molecule has 0 unspecified atom stereocenters. The highest BCUT2D eigenvalue weighted by Gasteiger charge is 2.22. The third kappa shape index (κ3) is 5.76. The summed E-state index contributed by atoms with van der Waals surface area (Å²) in [6.45, 7) is 10.3. The van der Waals surface area contributed by atoms with Gasteiger partial charge in [0.1, 0.15) is 0 Å². The number of nitrogens with zero attached hydrogens (tertiary/aromatic N) is 3. The monoisotopic (exact) mass is 345 g/mol. The summed E-state index contributed by atoms with van der Waals surface area (Å²) < 4.78 is 0. The maximum atomic E-state index is 12.5. The van der Waals surface area contributed by atoms with Crippen LogP contribution in [-0.2, 0) is 9.59 Å². The second-order valence-corrected chi connectivity index (χ2v) is 6.82. The molecule has 0 bridgehead atoms. The van der Waals surface area contributed by atoms with E-state index in [2.05, 4.69) is 43.0 Å². The Balaban J connectivity index is 1.79. The van der Waals surface area contributed by atoms with Crippen LogP contribution >= 0.6 is 0 Å². The third-order valence-electron chi connectivity index (χ3n) is 4.82. The standard InChI is InChI=1S/C20H31N3O2/c1-4-5-10-21(18(3)24)11-9-20(25)23-14-12-22(13-15-23)19-8-6-7-17(2)16-19/h6-8,16H,4-5,9-15H2,1-3H3. The zero-order valence-corrected chi connectivity index (χ0v) is 15.8. The van der Waals surface area contributed by atoms with Gasteiger partial charge in [-0.1, -0.05) is 25.5 Å². The lowest BCUT2D eigenvalue weighted by Crippen LogP contribution is -2.49. The molecule has 0 aliphatic carbocycles. The number of piperazine rings is 1. The molecule has 0 atom stereocenters.